The van der Waals surface area contributed by atoms with E-state index in [-0.39, 0.29) is 0 Å². The van der Waals surface area contributed by atoms with Gasteiger partial charge in [-0.15, -0.1) is 11.3 Å². The topological polar surface area (TPSA) is 50.9 Å². The highest BCUT2D eigenvalue weighted by Gasteiger charge is 2.01. The number of hydrogen-bond acceptors (Lipinski definition) is 4. The Morgan fingerprint density at radius 3 is 3.06 bits per heavy atom. The lowest BCUT2D eigenvalue weighted by Gasteiger charge is -2.03. The van der Waals surface area contributed by atoms with Crippen LogP contribution in [0.5, 0.6) is 0 Å². The second-order valence-electron chi connectivity index (χ2n) is 4.03. The van der Waals surface area contributed by atoms with Crippen molar-refractivity contribution >= 4 is 16.5 Å². The van der Waals surface area contributed by atoms with E-state index in [9.17, 15) is 0 Å². The Bertz CT molecular complexity index is 479. The summed E-state index contributed by atoms with van der Waals surface area (Å²) in [6.45, 7) is 3.57. The van der Waals surface area contributed by atoms with Crippen molar-refractivity contribution in [2.75, 3.05) is 11.9 Å². The van der Waals surface area contributed by atoms with Gasteiger partial charge in [-0.2, -0.15) is 0 Å². The fourth-order valence-electron chi connectivity index (χ4n) is 1.65. The molecule has 0 aliphatic heterocycles. The second kappa shape index (κ2) is 5.80. The van der Waals surface area contributed by atoms with Crippen LogP contribution in [-0.2, 0) is 13.0 Å². The van der Waals surface area contributed by atoms with E-state index < -0.39 is 0 Å². The molecule has 0 aliphatic rings. The van der Waals surface area contributed by atoms with E-state index in [1.54, 1.807) is 11.3 Å². The van der Waals surface area contributed by atoms with Crippen molar-refractivity contribution in [3.63, 3.8) is 0 Å². The van der Waals surface area contributed by atoms with E-state index in [0.717, 1.165) is 23.8 Å². The van der Waals surface area contributed by atoms with Crippen molar-refractivity contribution in [3.8, 4) is 0 Å². The number of hydrogen-bond donors (Lipinski definition) is 2. The number of nitrogens with one attached hydrogen (secondary N) is 1. The number of aryl methyl sites for hydroxylation is 1. The highest BCUT2D eigenvalue weighted by molar-refractivity contribution is 7.13. The predicted octanol–water partition coefficient (Wildman–Crippen LogP) is 2.56. The standard InChI is InChI=1S/C13H17N3S/c1-10-3-2-4-11(7-10)8-15-13-16-12(5-6-14)9-17-13/h2-4,7,9H,5-6,8,14H2,1H3,(H,15,16). The van der Waals surface area contributed by atoms with Gasteiger partial charge in [0.15, 0.2) is 5.13 Å². The number of nitrogens with two attached hydrogens (primary N) is 1. The van der Waals surface area contributed by atoms with Crippen LogP contribution >= 0.6 is 11.3 Å². The van der Waals surface area contributed by atoms with Gasteiger partial charge in [-0.25, -0.2) is 4.98 Å². The largest absolute Gasteiger partial charge is 0.357 e. The van der Waals surface area contributed by atoms with Gasteiger partial charge in [-0.3, -0.25) is 0 Å². The lowest BCUT2D eigenvalue weighted by atomic mass is 10.1. The molecule has 3 nitrogen and oxygen atoms in total. The van der Waals surface area contributed by atoms with Crippen LogP contribution < -0.4 is 11.1 Å². The zero-order chi connectivity index (χ0) is 12.1. The summed E-state index contributed by atoms with van der Waals surface area (Å²) in [7, 11) is 0. The van der Waals surface area contributed by atoms with Crippen LogP contribution in [-0.4, -0.2) is 11.5 Å². The van der Waals surface area contributed by atoms with Crippen molar-refractivity contribution in [1.29, 1.82) is 0 Å². The van der Waals surface area contributed by atoms with Crippen LogP contribution in [0.3, 0.4) is 0 Å². The summed E-state index contributed by atoms with van der Waals surface area (Å²) in [5, 5.41) is 6.36. The second-order valence-corrected chi connectivity index (χ2v) is 4.88. The molecule has 0 radical (unpaired) electrons. The molecule has 0 saturated carbocycles. The van der Waals surface area contributed by atoms with Crippen molar-refractivity contribution in [3.05, 3.63) is 46.5 Å². The van der Waals surface area contributed by atoms with Gasteiger partial charge < -0.3 is 11.1 Å². The molecular weight excluding hydrogens is 230 g/mol. The smallest absolute Gasteiger partial charge is 0.183 e. The molecule has 4 heteroatoms. The molecule has 0 aliphatic carbocycles. The first kappa shape index (κ1) is 12.1. The summed E-state index contributed by atoms with van der Waals surface area (Å²) in [5.74, 6) is 0. The van der Waals surface area contributed by atoms with Crippen LogP contribution in [0, 0.1) is 6.92 Å². The molecule has 0 atom stereocenters. The third-order valence-corrected chi connectivity index (χ3v) is 3.33. The van der Waals surface area contributed by atoms with E-state index in [1.165, 1.54) is 11.1 Å². The van der Waals surface area contributed by atoms with Crippen molar-refractivity contribution in [2.45, 2.75) is 19.9 Å². The fourth-order valence-corrected chi connectivity index (χ4v) is 2.39. The minimum absolute atomic E-state index is 0.654. The van der Waals surface area contributed by atoms with Crippen LogP contribution in [0.1, 0.15) is 16.8 Å². The predicted molar refractivity (Wildman–Crippen MR) is 73.4 cm³/mol. The summed E-state index contributed by atoms with van der Waals surface area (Å²) in [4.78, 5) is 4.46. The van der Waals surface area contributed by atoms with Crippen LogP contribution in [0.4, 0.5) is 5.13 Å². The highest BCUT2D eigenvalue weighted by Crippen LogP contribution is 2.16. The van der Waals surface area contributed by atoms with Crippen LogP contribution in [0.25, 0.3) is 0 Å². The molecule has 0 unspecified atom stereocenters. The molecule has 2 aromatic rings. The van der Waals surface area contributed by atoms with Gasteiger partial charge in [0.2, 0.25) is 0 Å². The maximum atomic E-state index is 5.50. The number of thiazole rings is 1. The number of anilines is 1. The summed E-state index contributed by atoms with van der Waals surface area (Å²) < 4.78 is 0. The third-order valence-electron chi connectivity index (χ3n) is 2.48. The van der Waals surface area contributed by atoms with E-state index in [4.69, 9.17) is 5.73 Å². The quantitative estimate of drug-likeness (QED) is 0.853. The molecule has 0 bridgehead atoms. The lowest BCUT2D eigenvalue weighted by Crippen LogP contribution is -2.03. The Morgan fingerprint density at radius 1 is 1.41 bits per heavy atom. The summed E-state index contributed by atoms with van der Waals surface area (Å²) in [6, 6.07) is 8.48. The van der Waals surface area contributed by atoms with Gasteiger partial charge >= 0.3 is 0 Å². The molecule has 0 fully saturated rings. The first-order valence-corrected chi connectivity index (χ1v) is 6.60. The number of rotatable bonds is 5. The number of aromatic nitrogens is 1. The minimum atomic E-state index is 0.654. The van der Waals surface area contributed by atoms with Gasteiger partial charge in [0.25, 0.3) is 0 Å². The first-order chi connectivity index (χ1) is 8.28. The molecule has 2 rings (SSSR count). The van der Waals surface area contributed by atoms with Crippen molar-refractivity contribution < 1.29 is 0 Å². The first-order valence-electron chi connectivity index (χ1n) is 5.72. The summed E-state index contributed by atoms with van der Waals surface area (Å²) in [5.41, 5.74) is 9.13. The molecule has 3 N–H and O–H groups in total. The maximum Gasteiger partial charge on any atom is 0.183 e. The van der Waals surface area contributed by atoms with Crippen molar-refractivity contribution in [1.82, 2.24) is 4.98 Å². The average Bonchev–Trinajstić information content (AvgIpc) is 2.75. The molecule has 90 valence electrons. The number of nitrogens with zero attached hydrogens (tertiary/aromatic N) is 1. The van der Waals surface area contributed by atoms with Crippen molar-refractivity contribution in [2.24, 2.45) is 5.73 Å². The monoisotopic (exact) mass is 247 g/mol. The molecule has 1 aromatic carbocycles. The van der Waals surface area contributed by atoms with Gasteiger partial charge in [-0.05, 0) is 19.0 Å². The Morgan fingerprint density at radius 2 is 2.29 bits per heavy atom. The molecule has 1 heterocycles. The van der Waals surface area contributed by atoms with Crippen LogP contribution in [0.15, 0.2) is 29.6 Å². The summed E-state index contributed by atoms with van der Waals surface area (Å²) in [6.07, 6.45) is 0.850. The lowest BCUT2D eigenvalue weighted by molar-refractivity contribution is 0.933. The normalized spacial score (nSPS) is 10.5. The van der Waals surface area contributed by atoms with Crippen LogP contribution in [0.2, 0.25) is 0 Å². The molecule has 0 saturated heterocycles. The molecule has 0 spiro atoms. The Hall–Kier alpha value is -1.39. The van der Waals surface area contributed by atoms with E-state index in [2.05, 4.69) is 46.9 Å². The molecule has 0 amide bonds. The Labute approximate surface area is 106 Å². The van der Waals surface area contributed by atoms with Gasteiger partial charge in [0.05, 0.1) is 5.69 Å². The molecule has 17 heavy (non-hydrogen) atoms. The molecular formula is C13H17N3S. The van der Waals surface area contributed by atoms with Gasteiger partial charge in [0, 0.05) is 18.3 Å². The average molecular weight is 247 g/mol. The fraction of sp³-hybridized carbons (Fsp3) is 0.308. The van der Waals surface area contributed by atoms with E-state index in [0.29, 0.717) is 6.54 Å². The Balaban J connectivity index is 1.93. The van der Waals surface area contributed by atoms with Gasteiger partial charge in [-0.1, -0.05) is 29.8 Å². The number of benzene rings is 1. The minimum Gasteiger partial charge on any atom is -0.357 e. The highest BCUT2D eigenvalue weighted by atomic mass is 32.1. The van der Waals surface area contributed by atoms with E-state index in [1.807, 2.05) is 0 Å². The van der Waals surface area contributed by atoms with Gasteiger partial charge in [0.1, 0.15) is 0 Å². The molecule has 1 aromatic heterocycles. The summed E-state index contributed by atoms with van der Waals surface area (Å²) >= 11 is 1.64. The zero-order valence-corrected chi connectivity index (χ0v) is 10.8. The SMILES string of the molecule is Cc1cccc(CNc2nc(CCN)cs2)c1. The third kappa shape index (κ3) is 3.54. The Kier molecular flexibility index (Phi) is 4.12. The zero-order valence-electron chi connectivity index (χ0n) is 9.94. The maximum absolute atomic E-state index is 5.50. The van der Waals surface area contributed by atoms with E-state index >= 15 is 0 Å².